The monoisotopic (exact) mass is 272 g/mol. The largest absolute Gasteiger partial charge is 0.493 e. The minimum atomic E-state index is 0.514. The Morgan fingerprint density at radius 1 is 1.30 bits per heavy atom. The second kappa shape index (κ2) is 5.67. The molecule has 2 aromatic rings. The van der Waals surface area contributed by atoms with Gasteiger partial charge < -0.3 is 14.6 Å². The van der Waals surface area contributed by atoms with Crippen molar-refractivity contribution in [3.8, 4) is 5.75 Å². The van der Waals surface area contributed by atoms with Crippen LogP contribution in [-0.2, 0) is 6.54 Å². The highest BCUT2D eigenvalue weighted by Crippen LogP contribution is 2.32. The SMILES string of the molecule is Cc1noc(C)c1CNCC1CCOc2ccccc21. The van der Waals surface area contributed by atoms with Gasteiger partial charge >= 0.3 is 0 Å². The number of hydrogen-bond donors (Lipinski definition) is 1. The van der Waals surface area contributed by atoms with Gasteiger partial charge in [-0.3, -0.25) is 0 Å². The van der Waals surface area contributed by atoms with Gasteiger partial charge in [-0.05, 0) is 31.9 Å². The van der Waals surface area contributed by atoms with Crippen LogP contribution in [0.5, 0.6) is 5.75 Å². The van der Waals surface area contributed by atoms with Gasteiger partial charge in [0.15, 0.2) is 0 Å². The smallest absolute Gasteiger partial charge is 0.138 e. The highest BCUT2D eigenvalue weighted by atomic mass is 16.5. The number of benzene rings is 1. The Kier molecular flexibility index (Phi) is 3.74. The van der Waals surface area contributed by atoms with Gasteiger partial charge in [0, 0.05) is 24.6 Å². The molecule has 1 aliphatic rings. The van der Waals surface area contributed by atoms with E-state index >= 15 is 0 Å². The van der Waals surface area contributed by atoms with Crippen LogP contribution in [0.25, 0.3) is 0 Å². The molecule has 0 fully saturated rings. The summed E-state index contributed by atoms with van der Waals surface area (Å²) in [5.74, 6) is 2.45. The van der Waals surface area contributed by atoms with E-state index in [2.05, 4.69) is 28.7 Å². The van der Waals surface area contributed by atoms with Gasteiger partial charge in [0.2, 0.25) is 0 Å². The topological polar surface area (TPSA) is 47.3 Å². The predicted octanol–water partition coefficient (Wildman–Crippen LogP) is 2.95. The third-order valence-corrected chi connectivity index (χ3v) is 3.96. The summed E-state index contributed by atoms with van der Waals surface area (Å²) >= 11 is 0. The standard InChI is InChI=1S/C16H20N2O2/c1-11-15(12(2)20-18-11)10-17-9-13-7-8-19-16-6-4-3-5-14(13)16/h3-6,13,17H,7-10H2,1-2H3. The molecule has 0 aliphatic carbocycles. The molecule has 2 heterocycles. The Morgan fingerprint density at radius 2 is 2.15 bits per heavy atom. The maximum Gasteiger partial charge on any atom is 0.138 e. The van der Waals surface area contributed by atoms with Crippen molar-refractivity contribution < 1.29 is 9.26 Å². The zero-order chi connectivity index (χ0) is 13.9. The van der Waals surface area contributed by atoms with E-state index in [9.17, 15) is 0 Å². The zero-order valence-electron chi connectivity index (χ0n) is 12.0. The molecule has 1 aliphatic heterocycles. The highest BCUT2D eigenvalue weighted by Gasteiger charge is 2.20. The van der Waals surface area contributed by atoms with E-state index in [1.807, 2.05) is 19.9 Å². The Hall–Kier alpha value is -1.81. The quantitative estimate of drug-likeness (QED) is 0.929. The second-order valence-corrected chi connectivity index (χ2v) is 5.31. The maximum atomic E-state index is 5.69. The molecular formula is C16H20N2O2. The van der Waals surface area contributed by atoms with Crippen LogP contribution in [0.2, 0.25) is 0 Å². The Labute approximate surface area is 119 Å². The first kappa shape index (κ1) is 13.2. The summed E-state index contributed by atoms with van der Waals surface area (Å²) in [6.45, 7) is 6.50. The van der Waals surface area contributed by atoms with Crippen molar-refractivity contribution in [2.45, 2.75) is 32.7 Å². The maximum absolute atomic E-state index is 5.69. The molecule has 1 atom stereocenters. The average molecular weight is 272 g/mol. The van der Waals surface area contributed by atoms with Crippen molar-refractivity contribution in [1.29, 1.82) is 0 Å². The van der Waals surface area contributed by atoms with Gasteiger partial charge in [0.1, 0.15) is 11.5 Å². The van der Waals surface area contributed by atoms with Crippen LogP contribution in [0.4, 0.5) is 0 Å². The first-order valence-corrected chi connectivity index (χ1v) is 7.10. The number of para-hydroxylation sites is 1. The van der Waals surface area contributed by atoms with Crippen LogP contribution in [0.1, 0.15) is 34.9 Å². The summed E-state index contributed by atoms with van der Waals surface area (Å²) < 4.78 is 10.9. The van der Waals surface area contributed by atoms with Crippen molar-refractivity contribution in [2.75, 3.05) is 13.2 Å². The van der Waals surface area contributed by atoms with Gasteiger partial charge in [0.05, 0.1) is 12.3 Å². The molecule has 1 aromatic heterocycles. The van der Waals surface area contributed by atoms with Gasteiger partial charge in [-0.25, -0.2) is 0 Å². The summed E-state index contributed by atoms with van der Waals surface area (Å²) in [6.07, 6.45) is 1.06. The minimum absolute atomic E-state index is 0.514. The molecule has 0 bridgehead atoms. The molecule has 3 rings (SSSR count). The lowest BCUT2D eigenvalue weighted by atomic mass is 9.93. The molecule has 1 N–H and O–H groups in total. The molecule has 0 amide bonds. The van der Waals surface area contributed by atoms with E-state index < -0.39 is 0 Å². The molecular weight excluding hydrogens is 252 g/mol. The molecule has 0 spiro atoms. The molecule has 0 saturated heterocycles. The summed E-state index contributed by atoms with van der Waals surface area (Å²) in [6, 6.07) is 8.32. The van der Waals surface area contributed by atoms with Crippen LogP contribution < -0.4 is 10.1 Å². The van der Waals surface area contributed by atoms with Crippen molar-refractivity contribution in [2.24, 2.45) is 0 Å². The van der Waals surface area contributed by atoms with Crippen LogP contribution in [0.15, 0.2) is 28.8 Å². The number of aryl methyl sites for hydroxylation is 2. The number of fused-ring (bicyclic) bond motifs is 1. The van der Waals surface area contributed by atoms with Crippen molar-refractivity contribution in [3.05, 3.63) is 46.8 Å². The van der Waals surface area contributed by atoms with E-state index in [1.165, 1.54) is 11.1 Å². The van der Waals surface area contributed by atoms with Gasteiger partial charge in [0.25, 0.3) is 0 Å². The third-order valence-electron chi connectivity index (χ3n) is 3.96. The number of nitrogens with one attached hydrogen (secondary N) is 1. The highest BCUT2D eigenvalue weighted by molar-refractivity contribution is 5.38. The fourth-order valence-corrected chi connectivity index (χ4v) is 2.75. The van der Waals surface area contributed by atoms with Crippen LogP contribution >= 0.6 is 0 Å². The number of ether oxygens (including phenoxy) is 1. The average Bonchev–Trinajstić information content (AvgIpc) is 2.79. The van der Waals surface area contributed by atoms with E-state index in [1.54, 1.807) is 0 Å². The summed E-state index contributed by atoms with van der Waals surface area (Å²) in [4.78, 5) is 0. The van der Waals surface area contributed by atoms with Crippen LogP contribution in [-0.4, -0.2) is 18.3 Å². The lowest BCUT2D eigenvalue weighted by molar-refractivity contribution is 0.264. The number of hydrogen-bond acceptors (Lipinski definition) is 4. The van der Waals surface area contributed by atoms with Gasteiger partial charge in [-0.2, -0.15) is 0 Å². The summed E-state index contributed by atoms with van der Waals surface area (Å²) in [7, 11) is 0. The molecule has 106 valence electrons. The van der Waals surface area contributed by atoms with Gasteiger partial charge in [-0.15, -0.1) is 0 Å². The molecule has 4 nitrogen and oxygen atoms in total. The predicted molar refractivity (Wildman–Crippen MR) is 77.0 cm³/mol. The van der Waals surface area contributed by atoms with E-state index in [0.717, 1.165) is 43.3 Å². The molecule has 0 saturated carbocycles. The Morgan fingerprint density at radius 3 is 2.95 bits per heavy atom. The number of rotatable bonds is 4. The minimum Gasteiger partial charge on any atom is -0.493 e. The van der Waals surface area contributed by atoms with Crippen LogP contribution in [0, 0.1) is 13.8 Å². The number of aromatic nitrogens is 1. The lowest BCUT2D eigenvalue weighted by Crippen LogP contribution is -2.25. The zero-order valence-corrected chi connectivity index (χ0v) is 12.0. The summed E-state index contributed by atoms with van der Waals surface area (Å²) in [5, 5.41) is 7.51. The third kappa shape index (κ3) is 2.56. The Bertz CT molecular complexity index is 572. The molecule has 0 radical (unpaired) electrons. The first-order chi connectivity index (χ1) is 9.75. The second-order valence-electron chi connectivity index (χ2n) is 5.31. The normalized spacial score (nSPS) is 17.6. The molecule has 20 heavy (non-hydrogen) atoms. The van der Waals surface area contributed by atoms with E-state index in [4.69, 9.17) is 9.26 Å². The molecule has 4 heteroatoms. The van der Waals surface area contributed by atoms with E-state index in [-0.39, 0.29) is 0 Å². The van der Waals surface area contributed by atoms with Crippen molar-refractivity contribution in [1.82, 2.24) is 10.5 Å². The summed E-state index contributed by atoms with van der Waals surface area (Å²) in [5.41, 5.74) is 3.46. The molecule has 1 unspecified atom stereocenters. The Balaban J connectivity index is 1.63. The van der Waals surface area contributed by atoms with E-state index in [0.29, 0.717) is 5.92 Å². The lowest BCUT2D eigenvalue weighted by Gasteiger charge is -2.26. The number of nitrogens with zero attached hydrogens (tertiary/aromatic N) is 1. The fraction of sp³-hybridized carbons (Fsp3) is 0.438. The van der Waals surface area contributed by atoms with Crippen molar-refractivity contribution >= 4 is 0 Å². The van der Waals surface area contributed by atoms with Crippen molar-refractivity contribution in [3.63, 3.8) is 0 Å². The fourth-order valence-electron chi connectivity index (χ4n) is 2.75. The molecule has 1 aromatic carbocycles. The van der Waals surface area contributed by atoms with Gasteiger partial charge in [-0.1, -0.05) is 23.4 Å². The first-order valence-electron chi connectivity index (χ1n) is 7.10. The van der Waals surface area contributed by atoms with Crippen LogP contribution in [0.3, 0.4) is 0 Å².